The van der Waals surface area contributed by atoms with Crippen LogP contribution in [0, 0.1) is 3.70 Å². The summed E-state index contributed by atoms with van der Waals surface area (Å²) in [5.41, 5.74) is 5.42. The van der Waals surface area contributed by atoms with Crippen LogP contribution in [0.15, 0.2) is 6.07 Å². The Bertz CT molecular complexity index is 177. The van der Waals surface area contributed by atoms with Gasteiger partial charge in [0.2, 0.25) is 0 Å². The van der Waals surface area contributed by atoms with Crippen molar-refractivity contribution in [3.8, 4) is 0 Å². The second kappa shape index (κ2) is 2.19. The highest BCUT2D eigenvalue weighted by Gasteiger charge is 1.94. The Kier molecular flexibility index (Phi) is 1.72. The fraction of sp³-hybridized carbons (Fsp3) is 0. The lowest BCUT2D eigenvalue weighted by molar-refractivity contribution is 1.00. The monoisotopic (exact) mass is 241 g/mol. The largest absolute Gasteiger partial charge is 0.384 e. The van der Waals surface area contributed by atoms with Crippen molar-refractivity contribution in [2.24, 2.45) is 0 Å². The maximum absolute atomic E-state index is 5.42. The molecule has 0 aromatic carbocycles. The Morgan fingerprint density at radius 1 is 1.88 bits per heavy atom. The molecule has 0 fully saturated rings. The molecule has 0 spiro atoms. The van der Waals surface area contributed by atoms with E-state index in [-0.39, 0.29) is 0 Å². The summed E-state index contributed by atoms with van der Waals surface area (Å²) in [6, 6.07) is 1.80. The molecule has 2 N–H and O–H groups in total. The van der Waals surface area contributed by atoms with Gasteiger partial charge in [-0.1, -0.05) is 0 Å². The first kappa shape index (κ1) is 6.29. The quantitative estimate of drug-likeness (QED) is 0.536. The van der Waals surface area contributed by atoms with E-state index in [4.69, 9.17) is 5.73 Å². The van der Waals surface area contributed by atoms with Gasteiger partial charge >= 0.3 is 0 Å². The molecule has 1 atom stereocenters. The fourth-order valence-corrected chi connectivity index (χ4v) is 1.36. The van der Waals surface area contributed by atoms with Crippen molar-refractivity contribution in [1.29, 1.82) is 0 Å². The van der Waals surface area contributed by atoms with E-state index in [1.165, 1.54) is 0 Å². The zero-order chi connectivity index (χ0) is 6.15. The molecule has 0 aliphatic heterocycles. The second-order valence-corrected chi connectivity index (χ2v) is 2.93. The number of rotatable bonds is 0. The lowest BCUT2D eigenvalue weighted by Gasteiger charge is -1.87. The van der Waals surface area contributed by atoms with E-state index in [1.807, 2.05) is 0 Å². The molecule has 44 valence electrons. The van der Waals surface area contributed by atoms with Gasteiger partial charge in [0.1, 0.15) is 9.52 Å². The number of halogens is 1. The number of anilines is 1. The lowest BCUT2D eigenvalue weighted by Crippen LogP contribution is -1.89. The van der Waals surface area contributed by atoms with Crippen molar-refractivity contribution in [3.05, 3.63) is 9.77 Å². The van der Waals surface area contributed by atoms with Crippen LogP contribution in [-0.4, -0.2) is 9.55 Å². The van der Waals surface area contributed by atoms with Crippen LogP contribution in [0.1, 0.15) is 0 Å². The molecule has 1 heterocycles. The van der Waals surface area contributed by atoms with Crippen molar-refractivity contribution >= 4 is 37.8 Å². The molecule has 8 heavy (non-hydrogen) atoms. The average Bonchev–Trinajstić information content (AvgIpc) is 1.85. The molecular formula is C3H5IN3P. The molecule has 1 rings (SSSR count). The van der Waals surface area contributed by atoms with Crippen LogP contribution < -0.4 is 5.73 Å². The van der Waals surface area contributed by atoms with E-state index < -0.39 is 0 Å². The van der Waals surface area contributed by atoms with Gasteiger partial charge in [-0.05, 0) is 32.0 Å². The predicted octanol–water partition coefficient (Wildman–Crippen LogP) is 0.708. The maximum atomic E-state index is 5.42. The fourth-order valence-electron chi connectivity index (χ4n) is 0.378. The molecule has 3 nitrogen and oxygen atoms in total. The van der Waals surface area contributed by atoms with Crippen LogP contribution in [0.3, 0.4) is 0 Å². The van der Waals surface area contributed by atoms with Crippen LogP contribution in [0.2, 0.25) is 0 Å². The van der Waals surface area contributed by atoms with Gasteiger partial charge in [-0.25, -0.2) is 4.45 Å². The highest BCUT2D eigenvalue weighted by atomic mass is 127. The summed E-state index contributed by atoms with van der Waals surface area (Å²) in [6.07, 6.45) is 0. The summed E-state index contributed by atoms with van der Waals surface area (Å²) in [4.78, 5) is 0. The predicted molar refractivity (Wildman–Crippen MR) is 44.5 cm³/mol. The Morgan fingerprint density at radius 3 is 2.62 bits per heavy atom. The minimum absolute atomic E-state index is 0.666. The summed E-state index contributed by atoms with van der Waals surface area (Å²) in [5.74, 6) is 0.666. The number of nitrogens with two attached hydrogens (primary N) is 1. The van der Waals surface area contributed by atoms with Gasteiger partial charge in [0.15, 0.2) is 0 Å². The highest BCUT2D eigenvalue weighted by Crippen LogP contribution is 2.09. The summed E-state index contributed by atoms with van der Waals surface area (Å²) >= 11 is 2.10. The molecule has 0 aliphatic rings. The third-order valence-corrected chi connectivity index (χ3v) is 1.68. The van der Waals surface area contributed by atoms with Crippen molar-refractivity contribution in [2.75, 3.05) is 5.73 Å². The van der Waals surface area contributed by atoms with Gasteiger partial charge in [0, 0.05) is 6.07 Å². The number of aromatic nitrogens is 2. The van der Waals surface area contributed by atoms with Crippen molar-refractivity contribution in [2.45, 2.75) is 0 Å². The van der Waals surface area contributed by atoms with E-state index in [0.29, 0.717) is 5.82 Å². The van der Waals surface area contributed by atoms with E-state index in [2.05, 4.69) is 37.1 Å². The number of nitrogen functional groups attached to an aromatic ring is 1. The summed E-state index contributed by atoms with van der Waals surface area (Å²) < 4.78 is 2.47. The molecule has 0 saturated carbocycles. The van der Waals surface area contributed by atoms with Gasteiger partial charge in [-0.15, -0.1) is 0 Å². The normalized spacial score (nSPS) is 9.75. The van der Waals surface area contributed by atoms with Crippen LogP contribution in [0.4, 0.5) is 5.82 Å². The topological polar surface area (TPSA) is 43.8 Å². The molecule has 0 amide bonds. The lowest BCUT2D eigenvalue weighted by atomic mass is 10.7. The van der Waals surface area contributed by atoms with Crippen LogP contribution in [-0.2, 0) is 0 Å². The van der Waals surface area contributed by atoms with E-state index >= 15 is 0 Å². The van der Waals surface area contributed by atoms with E-state index in [1.54, 1.807) is 10.5 Å². The standard InChI is InChI=1S/C3H5IN3P/c4-2-1-3(5)7(8)6-2/h1H,5,8H2. The minimum Gasteiger partial charge on any atom is -0.384 e. The third-order valence-electron chi connectivity index (χ3n) is 0.735. The molecule has 0 aliphatic carbocycles. The summed E-state index contributed by atoms with van der Waals surface area (Å²) in [7, 11) is 2.38. The maximum Gasteiger partial charge on any atom is 0.125 e. The number of nitrogens with zero attached hydrogens (tertiary/aromatic N) is 2. The van der Waals surface area contributed by atoms with Gasteiger partial charge in [-0.2, -0.15) is 5.10 Å². The van der Waals surface area contributed by atoms with Crippen molar-refractivity contribution in [1.82, 2.24) is 9.55 Å². The van der Waals surface area contributed by atoms with Gasteiger partial charge < -0.3 is 5.73 Å². The average molecular weight is 241 g/mol. The molecular weight excluding hydrogens is 236 g/mol. The van der Waals surface area contributed by atoms with Crippen LogP contribution in [0.25, 0.3) is 0 Å². The number of hydrogen-bond acceptors (Lipinski definition) is 2. The van der Waals surface area contributed by atoms with Crippen LogP contribution in [0.5, 0.6) is 0 Å². The van der Waals surface area contributed by atoms with Crippen molar-refractivity contribution in [3.63, 3.8) is 0 Å². The molecule has 0 radical (unpaired) electrons. The van der Waals surface area contributed by atoms with E-state index in [0.717, 1.165) is 3.70 Å². The minimum atomic E-state index is 0.666. The SMILES string of the molecule is Nc1cc(I)nn1P. The summed E-state index contributed by atoms with van der Waals surface area (Å²) in [5, 5.41) is 3.95. The first-order chi connectivity index (χ1) is 3.70. The molecule has 0 bridgehead atoms. The molecule has 1 aromatic heterocycles. The van der Waals surface area contributed by atoms with Gasteiger partial charge in [0.25, 0.3) is 0 Å². The molecule has 5 heteroatoms. The first-order valence-electron chi connectivity index (χ1n) is 1.96. The second-order valence-electron chi connectivity index (χ2n) is 1.34. The number of hydrogen-bond donors (Lipinski definition) is 1. The zero-order valence-electron chi connectivity index (χ0n) is 4.00. The molecule has 1 unspecified atom stereocenters. The van der Waals surface area contributed by atoms with Gasteiger partial charge in [-0.3, -0.25) is 0 Å². The summed E-state index contributed by atoms with van der Waals surface area (Å²) in [6.45, 7) is 0. The smallest absolute Gasteiger partial charge is 0.125 e. The first-order valence-corrected chi connectivity index (χ1v) is 3.56. The molecule has 1 aromatic rings. The van der Waals surface area contributed by atoms with Crippen molar-refractivity contribution < 1.29 is 0 Å². The van der Waals surface area contributed by atoms with E-state index in [9.17, 15) is 0 Å². The third kappa shape index (κ3) is 1.11. The Balaban J connectivity index is 3.14. The van der Waals surface area contributed by atoms with Gasteiger partial charge in [0.05, 0.1) is 0 Å². The Labute approximate surface area is 63.0 Å². The highest BCUT2D eigenvalue weighted by molar-refractivity contribution is 14.1. The Hall–Kier alpha value is 0.170. The van der Waals surface area contributed by atoms with Crippen LogP contribution >= 0.6 is 32.0 Å². The zero-order valence-corrected chi connectivity index (χ0v) is 7.32. The Morgan fingerprint density at radius 2 is 2.50 bits per heavy atom. The molecule has 0 saturated heterocycles.